The van der Waals surface area contributed by atoms with Crippen molar-refractivity contribution < 1.29 is 9.53 Å². The Bertz CT molecular complexity index is 221. The number of carbonyl (C=O) groups is 1. The van der Waals surface area contributed by atoms with Gasteiger partial charge in [0.25, 0.3) is 0 Å². The van der Waals surface area contributed by atoms with Crippen molar-refractivity contribution >= 4 is 5.97 Å². The Morgan fingerprint density at radius 1 is 1.06 bits per heavy atom. The topological polar surface area (TPSA) is 26.3 Å². The molecule has 0 amide bonds. The molecule has 0 N–H and O–H groups in total. The van der Waals surface area contributed by atoms with Crippen molar-refractivity contribution in [3.05, 3.63) is 12.2 Å². The fourth-order valence-corrected chi connectivity index (χ4v) is 1.99. The molecule has 2 nitrogen and oxygen atoms in total. The summed E-state index contributed by atoms with van der Waals surface area (Å²) in [5, 5.41) is 0. The molecular formula is C14H24O2. The summed E-state index contributed by atoms with van der Waals surface area (Å²) >= 11 is 0. The zero-order chi connectivity index (χ0) is 11.6. The minimum atomic E-state index is -0.0297. The van der Waals surface area contributed by atoms with Gasteiger partial charge in [-0.1, -0.05) is 25.0 Å². The number of hydrogen-bond acceptors (Lipinski definition) is 2. The first-order chi connectivity index (χ1) is 7.79. The van der Waals surface area contributed by atoms with Gasteiger partial charge < -0.3 is 4.74 Å². The molecule has 0 aromatic heterocycles. The second-order valence-electron chi connectivity index (χ2n) is 4.66. The first kappa shape index (κ1) is 13.3. The van der Waals surface area contributed by atoms with E-state index < -0.39 is 0 Å². The molecule has 2 heteroatoms. The molecule has 0 aromatic rings. The van der Waals surface area contributed by atoms with Crippen LogP contribution in [-0.2, 0) is 9.53 Å². The molecule has 1 heterocycles. The standard InChI is InChI=1S/C14H24O2/c1-13-11-9-7-5-3-2-4-6-8-10-12-14(15)16-13/h4,6,13H,2-3,5,7-12H2,1H3/b6-4-/t13-/m0/s1. The van der Waals surface area contributed by atoms with Crippen LogP contribution in [0.25, 0.3) is 0 Å². The van der Waals surface area contributed by atoms with Gasteiger partial charge >= 0.3 is 5.97 Å². The van der Waals surface area contributed by atoms with Crippen LogP contribution in [0.5, 0.6) is 0 Å². The molecule has 0 spiro atoms. The lowest BCUT2D eigenvalue weighted by molar-refractivity contribution is -0.148. The number of hydrogen-bond donors (Lipinski definition) is 0. The fourth-order valence-electron chi connectivity index (χ4n) is 1.99. The van der Waals surface area contributed by atoms with Crippen LogP contribution in [0.3, 0.4) is 0 Å². The van der Waals surface area contributed by atoms with Crippen molar-refractivity contribution in [2.75, 3.05) is 0 Å². The maximum absolute atomic E-state index is 11.4. The van der Waals surface area contributed by atoms with Gasteiger partial charge in [-0.15, -0.1) is 0 Å². The maximum atomic E-state index is 11.4. The molecule has 0 unspecified atom stereocenters. The third-order valence-corrected chi connectivity index (χ3v) is 2.98. The smallest absolute Gasteiger partial charge is 0.306 e. The van der Waals surface area contributed by atoms with Crippen LogP contribution < -0.4 is 0 Å². The zero-order valence-electron chi connectivity index (χ0n) is 10.4. The Kier molecular flexibility index (Phi) is 6.95. The van der Waals surface area contributed by atoms with E-state index in [0.29, 0.717) is 6.42 Å². The number of rotatable bonds is 0. The van der Waals surface area contributed by atoms with Crippen LogP contribution in [0.15, 0.2) is 12.2 Å². The number of esters is 1. The van der Waals surface area contributed by atoms with Gasteiger partial charge in [0, 0.05) is 6.42 Å². The second kappa shape index (κ2) is 8.37. The Morgan fingerprint density at radius 2 is 1.75 bits per heavy atom. The van der Waals surface area contributed by atoms with Crippen molar-refractivity contribution in [1.29, 1.82) is 0 Å². The molecule has 0 saturated heterocycles. The molecule has 1 aliphatic rings. The molecule has 1 atom stereocenters. The lowest BCUT2D eigenvalue weighted by Crippen LogP contribution is -2.14. The summed E-state index contributed by atoms with van der Waals surface area (Å²) in [5.74, 6) is -0.0297. The number of allylic oxidation sites excluding steroid dienone is 2. The highest BCUT2D eigenvalue weighted by atomic mass is 16.5. The zero-order valence-corrected chi connectivity index (χ0v) is 10.4. The van der Waals surface area contributed by atoms with Crippen molar-refractivity contribution in [3.8, 4) is 0 Å². The quantitative estimate of drug-likeness (QED) is 0.459. The molecule has 1 rings (SSSR count). The van der Waals surface area contributed by atoms with E-state index in [-0.39, 0.29) is 12.1 Å². The van der Waals surface area contributed by atoms with Crippen molar-refractivity contribution in [1.82, 2.24) is 0 Å². The van der Waals surface area contributed by atoms with Gasteiger partial charge in [-0.05, 0) is 45.4 Å². The molecule has 0 aromatic carbocycles. The first-order valence-corrected chi connectivity index (χ1v) is 6.63. The number of cyclic esters (lactones) is 1. The van der Waals surface area contributed by atoms with Crippen LogP contribution in [0, 0.1) is 0 Å². The van der Waals surface area contributed by atoms with E-state index in [2.05, 4.69) is 12.2 Å². The van der Waals surface area contributed by atoms with E-state index in [4.69, 9.17) is 4.74 Å². The van der Waals surface area contributed by atoms with Crippen LogP contribution >= 0.6 is 0 Å². The Balaban J connectivity index is 2.31. The van der Waals surface area contributed by atoms with Gasteiger partial charge in [0.15, 0.2) is 0 Å². The normalized spacial score (nSPS) is 27.8. The summed E-state index contributed by atoms with van der Waals surface area (Å²) in [7, 11) is 0. The average Bonchev–Trinajstić information content (AvgIpc) is 2.25. The van der Waals surface area contributed by atoms with E-state index in [0.717, 1.165) is 19.3 Å². The second-order valence-corrected chi connectivity index (χ2v) is 4.66. The summed E-state index contributed by atoms with van der Waals surface area (Å²) in [6, 6.07) is 0. The molecule has 16 heavy (non-hydrogen) atoms. The Morgan fingerprint density at radius 3 is 2.56 bits per heavy atom. The SMILES string of the molecule is C[C@H]1CCCCCC/C=C\CCCC(=O)O1. The molecule has 1 aliphatic heterocycles. The van der Waals surface area contributed by atoms with E-state index >= 15 is 0 Å². The predicted molar refractivity (Wildman–Crippen MR) is 66.2 cm³/mol. The van der Waals surface area contributed by atoms with Gasteiger partial charge in [0.1, 0.15) is 0 Å². The molecule has 0 saturated carbocycles. The van der Waals surface area contributed by atoms with Crippen LogP contribution in [-0.4, -0.2) is 12.1 Å². The number of ether oxygens (including phenoxy) is 1. The summed E-state index contributed by atoms with van der Waals surface area (Å²) in [6.45, 7) is 2.00. The van der Waals surface area contributed by atoms with Gasteiger partial charge in [-0.2, -0.15) is 0 Å². The first-order valence-electron chi connectivity index (χ1n) is 6.63. The highest BCUT2D eigenvalue weighted by molar-refractivity contribution is 5.69. The van der Waals surface area contributed by atoms with Crippen LogP contribution in [0.4, 0.5) is 0 Å². The third-order valence-electron chi connectivity index (χ3n) is 2.98. The monoisotopic (exact) mass is 224 g/mol. The average molecular weight is 224 g/mol. The Hall–Kier alpha value is -0.790. The minimum Gasteiger partial charge on any atom is -0.463 e. The molecular weight excluding hydrogens is 200 g/mol. The van der Waals surface area contributed by atoms with Gasteiger partial charge in [0.2, 0.25) is 0 Å². The summed E-state index contributed by atoms with van der Waals surface area (Å²) < 4.78 is 5.33. The maximum Gasteiger partial charge on any atom is 0.306 e. The minimum absolute atomic E-state index is 0.0297. The molecule has 0 bridgehead atoms. The summed E-state index contributed by atoms with van der Waals surface area (Å²) in [4.78, 5) is 11.4. The largest absolute Gasteiger partial charge is 0.463 e. The lowest BCUT2D eigenvalue weighted by Gasteiger charge is -2.13. The number of carbonyl (C=O) groups excluding carboxylic acids is 1. The van der Waals surface area contributed by atoms with Crippen molar-refractivity contribution in [2.24, 2.45) is 0 Å². The molecule has 0 radical (unpaired) electrons. The molecule has 92 valence electrons. The van der Waals surface area contributed by atoms with Gasteiger partial charge in [-0.3, -0.25) is 4.79 Å². The van der Waals surface area contributed by atoms with E-state index in [1.54, 1.807) is 0 Å². The third kappa shape index (κ3) is 6.65. The van der Waals surface area contributed by atoms with Crippen LogP contribution in [0.1, 0.15) is 64.7 Å². The Labute approximate surface area is 99.1 Å². The fraction of sp³-hybridized carbons (Fsp3) is 0.786. The van der Waals surface area contributed by atoms with E-state index in [9.17, 15) is 4.79 Å². The van der Waals surface area contributed by atoms with Crippen LogP contribution in [0.2, 0.25) is 0 Å². The highest BCUT2D eigenvalue weighted by Gasteiger charge is 2.08. The lowest BCUT2D eigenvalue weighted by atomic mass is 10.1. The summed E-state index contributed by atoms with van der Waals surface area (Å²) in [5.41, 5.74) is 0. The van der Waals surface area contributed by atoms with Gasteiger partial charge in [0.05, 0.1) is 6.10 Å². The van der Waals surface area contributed by atoms with E-state index in [1.807, 2.05) is 6.92 Å². The highest BCUT2D eigenvalue weighted by Crippen LogP contribution is 2.12. The summed E-state index contributed by atoms with van der Waals surface area (Å²) in [6.07, 6.45) is 14.3. The van der Waals surface area contributed by atoms with Crippen molar-refractivity contribution in [2.45, 2.75) is 70.8 Å². The molecule has 0 aliphatic carbocycles. The van der Waals surface area contributed by atoms with E-state index in [1.165, 1.54) is 32.1 Å². The van der Waals surface area contributed by atoms with Gasteiger partial charge in [-0.25, -0.2) is 0 Å². The van der Waals surface area contributed by atoms with Crippen molar-refractivity contribution in [3.63, 3.8) is 0 Å². The molecule has 0 fully saturated rings. The predicted octanol–water partition coefficient (Wildman–Crippen LogP) is 4.00.